The standard InChI is InChI=1S/C10H20Br2O/c1-2-3-7-10(12)13-9-6-4-5-8-11/h10H,2-9H2,1H3. The van der Waals surface area contributed by atoms with Crippen LogP contribution in [0.15, 0.2) is 0 Å². The highest BCUT2D eigenvalue weighted by atomic mass is 79.9. The predicted octanol–water partition coefficient (Wildman–Crippen LogP) is 4.48. The van der Waals surface area contributed by atoms with Crippen LogP contribution < -0.4 is 0 Å². The van der Waals surface area contributed by atoms with Gasteiger partial charge in [-0.1, -0.05) is 58.0 Å². The molecule has 0 aliphatic rings. The number of unbranched alkanes of at least 4 members (excludes halogenated alkanes) is 3. The molecule has 0 aliphatic carbocycles. The Labute approximate surface area is 98.9 Å². The molecule has 0 saturated heterocycles. The highest BCUT2D eigenvalue weighted by Crippen LogP contribution is 2.12. The fraction of sp³-hybridized carbons (Fsp3) is 1.00. The maximum atomic E-state index is 5.59. The number of hydrogen-bond acceptors (Lipinski definition) is 1. The maximum Gasteiger partial charge on any atom is 0.112 e. The lowest BCUT2D eigenvalue weighted by Crippen LogP contribution is -2.05. The van der Waals surface area contributed by atoms with Crippen molar-refractivity contribution >= 4 is 31.9 Å². The summed E-state index contributed by atoms with van der Waals surface area (Å²) < 4.78 is 5.59. The Morgan fingerprint density at radius 1 is 1.15 bits per heavy atom. The highest BCUT2D eigenvalue weighted by Gasteiger charge is 2.01. The van der Waals surface area contributed by atoms with E-state index in [9.17, 15) is 0 Å². The van der Waals surface area contributed by atoms with Gasteiger partial charge in [-0.15, -0.1) is 0 Å². The number of hydrogen-bond donors (Lipinski definition) is 0. The van der Waals surface area contributed by atoms with Crippen LogP contribution in [0.1, 0.15) is 45.4 Å². The Hall–Kier alpha value is 0.920. The van der Waals surface area contributed by atoms with E-state index in [4.69, 9.17) is 4.74 Å². The molecule has 1 unspecified atom stereocenters. The minimum absolute atomic E-state index is 0.274. The zero-order valence-electron chi connectivity index (χ0n) is 8.40. The van der Waals surface area contributed by atoms with E-state index in [1.165, 1.54) is 32.1 Å². The van der Waals surface area contributed by atoms with Gasteiger partial charge in [0.05, 0.1) is 0 Å². The van der Waals surface area contributed by atoms with E-state index < -0.39 is 0 Å². The van der Waals surface area contributed by atoms with E-state index in [-0.39, 0.29) is 5.01 Å². The molecule has 0 amide bonds. The third-order valence-electron chi connectivity index (χ3n) is 1.86. The minimum Gasteiger partial charge on any atom is -0.367 e. The zero-order chi connectivity index (χ0) is 9.94. The molecule has 13 heavy (non-hydrogen) atoms. The van der Waals surface area contributed by atoms with Gasteiger partial charge in [0.25, 0.3) is 0 Å². The van der Waals surface area contributed by atoms with Gasteiger partial charge in [-0.2, -0.15) is 0 Å². The van der Waals surface area contributed by atoms with Crippen molar-refractivity contribution < 1.29 is 4.74 Å². The van der Waals surface area contributed by atoms with Gasteiger partial charge in [-0.25, -0.2) is 0 Å². The average Bonchev–Trinajstić information content (AvgIpc) is 2.14. The van der Waals surface area contributed by atoms with Gasteiger partial charge in [0.1, 0.15) is 5.01 Å². The van der Waals surface area contributed by atoms with E-state index in [1.807, 2.05) is 0 Å². The second kappa shape index (κ2) is 11.0. The molecule has 0 N–H and O–H groups in total. The molecule has 0 aromatic rings. The minimum atomic E-state index is 0.274. The van der Waals surface area contributed by atoms with Crippen molar-refractivity contribution in [3.05, 3.63) is 0 Å². The molecule has 0 spiro atoms. The summed E-state index contributed by atoms with van der Waals surface area (Å²) in [5, 5.41) is 1.39. The largest absolute Gasteiger partial charge is 0.367 e. The maximum absolute atomic E-state index is 5.59. The average molecular weight is 316 g/mol. The SMILES string of the molecule is CCCCC(Br)OCCCCCBr. The molecule has 1 atom stereocenters. The van der Waals surface area contributed by atoms with Crippen LogP contribution in [0, 0.1) is 0 Å². The van der Waals surface area contributed by atoms with Crippen molar-refractivity contribution in [1.82, 2.24) is 0 Å². The Morgan fingerprint density at radius 3 is 2.54 bits per heavy atom. The fourth-order valence-corrected chi connectivity index (χ4v) is 1.94. The van der Waals surface area contributed by atoms with E-state index >= 15 is 0 Å². The Bertz CT molecular complexity index is 98.9. The molecule has 0 bridgehead atoms. The summed E-state index contributed by atoms with van der Waals surface area (Å²) in [5.41, 5.74) is 0. The quantitative estimate of drug-likeness (QED) is 0.450. The van der Waals surface area contributed by atoms with Crippen LogP contribution in [0.4, 0.5) is 0 Å². The van der Waals surface area contributed by atoms with Crippen molar-refractivity contribution in [2.75, 3.05) is 11.9 Å². The van der Waals surface area contributed by atoms with Crippen molar-refractivity contribution in [2.24, 2.45) is 0 Å². The van der Waals surface area contributed by atoms with Crippen LogP contribution in [0.5, 0.6) is 0 Å². The molecular formula is C10H20Br2O. The van der Waals surface area contributed by atoms with Crippen molar-refractivity contribution in [2.45, 2.75) is 50.5 Å². The summed E-state index contributed by atoms with van der Waals surface area (Å²) >= 11 is 6.93. The van der Waals surface area contributed by atoms with E-state index in [0.29, 0.717) is 0 Å². The lowest BCUT2D eigenvalue weighted by Gasteiger charge is -2.10. The van der Waals surface area contributed by atoms with Gasteiger partial charge in [-0.3, -0.25) is 0 Å². The first-order chi connectivity index (χ1) is 6.31. The fourth-order valence-electron chi connectivity index (χ4n) is 1.03. The lowest BCUT2D eigenvalue weighted by atomic mass is 10.2. The highest BCUT2D eigenvalue weighted by molar-refractivity contribution is 9.09. The van der Waals surface area contributed by atoms with Crippen molar-refractivity contribution in [3.8, 4) is 0 Å². The molecule has 1 nitrogen and oxygen atoms in total. The van der Waals surface area contributed by atoms with Crippen molar-refractivity contribution in [1.29, 1.82) is 0 Å². The third-order valence-corrected chi connectivity index (χ3v) is 3.14. The second-order valence-corrected chi connectivity index (χ2v) is 4.99. The summed E-state index contributed by atoms with van der Waals surface area (Å²) in [6.45, 7) is 3.10. The molecule has 0 radical (unpaired) electrons. The van der Waals surface area contributed by atoms with E-state index in [1.54, 1.807) is 0 Å². The van der Waals surface area contributed by atoms with Gasteiger partial charge in [0.2, 0.25) is 0 Å². The Kier molecular flexibility index (Phi) is 11.8. The normalized spacial score (nSPS) is 13.2. The lowest BCUT2D eigenvalue weighted by molar-refractivity contribution is 0.106. The predicted molar refractivity (Wildman–Crippen MR) is 65.8 cm³/mol. The monoisotopic (exact) mass is 314 g/mol. The third kappa shape index (κ3) is 10.8. The second-order valence-electron chi connectivity index (χ2n) is 3.17. The molecule has 0 saturated carbocycles. The molecule has 3 heteroatoms. The first kappa shape index (κ1) is 13.9. The number of ether oxygens (including phenoxy) is 1. The summed E-state index contributed by atoms with van der Waals surface area (Å²) in [5.74, 6) is 0. The van der Waals surface area contributed by atoms with Crippen LogP contribution in [-0.2, 0) is 4.74 Å². The van der Waals surface area contributed by atoms with Gasteiger partial charge < -0.3 is 4.74 Å². The van der Waals surface area contributed by atoms with Crippen LogP contribution in [0.2, 0.25) is 0 Å². The number of halogens is 2. The van der Waals surface area contributed by atoms with Crippen LogP contribution in [0.25, 0.3) is 0 Å². The van der Waals surface area contributed by atoms with E-state index in [2.05, 4.69) is 38.8 Å². The van der Waals surface area contributed by atoms with E-state index in [0.717, 1.165) is 18.4 Å². The van der Waals surface area contributed by atoms with Gasteiger partial charge >= 0.3 is 0 Å². The molecule has 0 heterocycles. The molecule has 0 rings (SSSR count). The number of rotatable bonds is 9. The Morgan fingerprint density at radius 2 is 1.92 bits per heavy atom. The Balaban J connectivity index is 3.03. The van der Waals surface area contributed by atoms with Crippen LogP contribution in [0.3, 0.4) is 0 Å². The summed E-state index contributed by atoms with van der Waals surface area (Å²) in [7, 11) is 0. The summed E-state index contributed by atoms with van der Waals surface area (Å²) in [6, 6.07) is 0. The smallest absolute Gasteiger partial charge is 0.112 e. The molecule has 0 aromatic heterocycles. The first-order valence-corrected chi connectivity index (χ1v) is 7.16. The van der Waals surface area contributed by atoms with Gasteiger partial charge in [0, 0.05) is 11.9 Å². The van der Waals surface area contributed by atoms with Crippen LogP contribution >= 0.6 is 31.9 Å². The molecule has 0 fully saturated rings. The topological polar surface area (TPSA) is 9.23 Å². The first-order valence-electron chi connectivity index (χ1n) is 5.13. The number of alkyl halides is 2. The molecule has 80 valence electrons. The van der Waals surface area contributed by atoms with Crippen LogP contribution in [-0.4, -0.2) is 17.0 Å². The molecule has 0 aliphatic heterocycles. The van der Waals surface area contributed by atoms with Crippen molar-refractivity contribution in [3.63, 3.8) is 0 Å². The van der Waals surface area contributed by atoms with Gasteiger partial charge in [-0.05, 0) is 19.3 Å². The molecular weight excluding hydrogens is 296 g/mol. The molecule has 0 aromatic carbocycles. The summed E-state index contributed by atoms with van der Waals surface area (Å²) in [4.78, 5) is 0. The zero-order valence-corrected chi connectivity index (χ0v) is 11.6. The van der Waals surface area contributed by atoms with Gasteiger partial charge in [0.15, 0.2) is 0 Å². The summed E-state index contributed by atoms with van der Waals surface area (Å²) in [6.07, 6.45) is 7.32.